The highest BCUT2D eigenvalue weighted by molar-refractivity contribution is 5.80. The molecule has 2 N–H and O–H groups in total. The van der Waals surface area contributed by atoms with Crippen molar-refractivity contribution in [2.45, 2.75) is 13.3 Å². The second kappa shape index (κ2) is 4.78. The Kier molecular flexibility index (Phi) is 2.97. The van der Waals surface area contributed by atoms with E-state index in [1.807, 2.05) is 31.2 Å². The minimum absolute atomic E-state index is 0.0580. The van der Waals surface area contributed by atoms with Crippen LogP contribution in [-0.2, 0) is 6.42 Å². The molecule has 0 aliphatic heterocycles. The summed E-state index contributed by atoms with van der Waals surface area (Å²) < 4.78 is 0. The van der Waals surface area contributed by atoms with Crippen LogP contribution in [0, 0.1) is 6.92 Å². The van der Waals surface area contributed by atoms with Gasteiger partial charge in [-0.2, -0.15) is 0 Å². The Morgan fingerprint density at radius 1 is 1.21 bits per heavy atom. The normalized spacial score (nSPS) is 11.1. The molecular formula is C14H14N4O. The average Bonchev–Trinajstić information content (AvgIpc) is 2.85. The summed E-state index contributed by atoms with van der Waals surface area (Å²) in [5, 5.41) is 8.99. The van der Waals surface area contributed by atoms with E-state index in [4.69, 9.17) is 5.11 Å². The number of aromatic nitrogens is 4. The third-order valence-electron chi connectivity index (χ3n) is 2.95. The molecule has 0 spiro atoms. The number of H-pyrrole nitrogens is 1. The molecular weight excluding hydrogens is 240 g/mol. The molecule has 2 aromatic heterocycles. The molecule has 5 heteroatoms. The molecule has 0 unspecified atom stereocenters. The van der Waals surface area contributed by atoms with Crippen molar-refractivity contribution < 1.29 is 5.11 Å². The first-order valence-corrected chi connectivity index (χ1v) is 6.15. The zero-order chi connectivity index (χ0) is 13.2. The maximum Gasteiger partial charge on any atom is 0.131 e. The first-order chi connectivity index (χ1) is 9.26. The summed E-state index contributed by atoms with van der Waals surface area (Å²) >= 11 is 0. The van der Waals surface area contributed by atoms with Crippen LogP contribution in [0.4, 0.5) is 0 Å². The fourth-order valence-corrected chi connectivity index (χ4v) is 2.08. The molecule has 0 saturated heterocycles. The number of fused-ring (bicyclic) bond motifs is 1. The third kappa shape index (κ3) is 2.32. The SMILES string of the molecule is Cc1cc(-c2ccc3nc[nH]c3c2)nc(CCO)n1. The molecule has 0 fully saturated rings. The lowest BCUT2D eigenvalue weighted by atomic mass is 10.1. The van der Waals surface area contributed by atoms with Crippen molar-refractivity contribution in [3.63, 3.8) is 0 Å². The monoisotopic (exact) mass is 254 g/mol. The molecule has 0 amide bonds. The number of imidazole rings is 1. The number of hydrogen-bond donors (Lipinski definition) is 2. The van der Waals surface area contributed by atoms with Gasteiger partial charge in [-0.25, -0.2) is 15.0 Å². The Hall–Kier alpha value is -2.27. The van der Waals surface area contributed by atoms with Gasteiger partial charge in [0.25, 0.3) is 0 Å². The Balaban J connectivity index is 2.09. The van der Waals surface area contributed by atoms with Gasteiger partial charge in [-0.1, -0.05) is 6.07 Å². The van der Waals surface area contributed by atoms with E-state index < -0.39 is 0 Å². The van der Waals surface area contributed by atoms with Crippen molar-refractivity contribution in [3.8, 4) is 11.3 Å². The topological polar surface area (TPSA) is 74.7 Å². The van der Waals surface area contributed by atoms with Crippen LogP contribution in [0.3, 0.4) is 0 Å². The van der Waals surface area contributed by atoms with E-state index in [1.54, 1.807) is 6.33 Å². The zero-order valence-corrected chi connectivity index (χ0v) is 10.6. The van der Waals surface area contributed by atoms with Gasteiger partial charge in [-0.3, -0.25) is 0 Å². The van der Waals surface area contributed by atoms with Crippen LogP contribution in [0.2, 0.25) is 0 Å². The lowest BCUT2D eigenvalue weighted by Gasteiger charge is -2.05. The molecule has 0 aliphatic rings. The van der Waals surface area contributed by atoms with Gasteiger partial charge < -0.3 is 10.1 Å². The van der Waals surface area contributed by atoms with Gasteiger partial charge in [-0.15, -0.1) is 0 Å². The lowest BCUT2D eigenvalue weighted by molar-refractivity contribution is 0.296. The molecule has 3 aromatic rings. The summed E-state index contributed by atoms with van der Waals surface area (Å²) in [4.78, 5) is 16.1. The van der Waals surface area contributed by atoms with Crippen LogP contribution >= 0.6 is 0 Å². The van der Waals surface area contributed by atoms with Crippen molar-refractivity contribution in [1.82, 2.24) is 19.9 Å². The van der Waals surface area contributed by atoms with Crippen LogP contribution in [0.5, 0.6) is 0 Å². The Labute approximate surface area is 110 Å². The molecule has 19 heavy (non-hydrogen) atoms. The standard InChI is InChI=1S/C14H14N4O/c1-9-6-12(18-14(17-9)4-5-19)10-2-3-11-13(7-10)16-8-15-11/h2-3,6-8,19H,4-5H2,1H3,(H,15,16). The highest BCUT2D eigenvalue weighted by Gasteiger charge is 2.06. The highest BCUT2D eigenvalue weighted by atomic mass is 16.3. The molecule has 0 aliphatic carbocycles. The third-order valence-corrected chi connectivity index (χ3v) is 2.95. The van der Waals surface area contributed by atoms with Crippen LogP contribution in [0.1, 0.15) is 11.5 Å². The number of nitrogens with zero attached hydrogens (tertiary/aromatic N) is 3. The quantitative estimate of drug-likeness (QED) is 0.748. The second-order valence-corrected chi connectivity index (χ2v) is 4.42. The van der Waals surface area contributed by atoms with Gasteiger partial charge in [0.15, 0.2) is 0 Å². The Morgan fingerprint density at radius 3 is 2.95 bits per heavy atom. The lowest BCUT2D eigenvalue weighted by Crippen LogP contribution is -2.01. The van der Waals surface area contributed by atoms with Gasteiger partial charge in [0.2, 0.25) is 0 Å². The van der Waals surface area contributed by atoms with Crippen molar-refractivity contribution in [2.24, 2.45) is 0 Å². The van der Waals surface area contributed by atoms with Crippen LogP contribution in [0.25, 0.3) is 22.3 Å². The molecule has 5 nitrogen and oxygen atoms in total. The summed E-state index contributed by atoms with van der Waals surface area (Å²) in [7, 11) is 0. The summed E-state index contributed by atoms with van der Waals surface area (Å²) in [6.45, 7) is 1.99. The smallest absolute Gasteiger partial charge is 0.131 e. The fourth-order valence-electron chi connectivity index (χ4n) is 2.08. The van der Waals surface area contributed by atoms with Gasteiger partial charge in [0, 0.05) is 17.7 Å². The summed E-state index contributed by atoms with van der Waals surface area (Å²) in [5.74, 6) is 0.669. The van der Waals surface area contributed by atoms with Crippen LogP contribution in [0.15, 0.2) is 30.6 Å². The Bertz CT molecular complexity index is 720. The van der Waals surface area contributed by atoms with Crippen LogP contribution < -0.4 is 0 Å². The molecule has 3 rings (SSSR count). The molecule has 0 radical (unpaired) electrons. The van der Waals surface area contributed by atoms with E-state index in [0.717, 1.165) is 28.0 Å². The van der Waals surface area contributed by atoms with Crippen molar-refractivity contribution >= 4 is 11.0 Å². The van der Waals surface area contributed by atoms with E-state index in [9.17, 15) is 0 Å². The van der Waals surface area contributed by atoms with E-state index in [-0.39, 0.29) is 6.61 Å². The molecule has 1 aromatic carbocycles. The van der Waals surface area contributed by atoms with E-state index in [1.165, 1.54) is 0 Å². The number of benzene rings is 1. The number of aryl methyl sites for hydroxylation is 1. The summed E-state index contributed by atoms with van der Waals surface area (Å²) in [5.41, 5.74) is 4.70. The minimum Gasteiger partial charge on any atom is -0.396 e. The van der Waals surface area contributed by atoms with Gasteiger partial charge in [0.1, 0.15) is 5.82 Å². The molecule has 96 valence electrons. The predicted molar refractivity (Wildman–Crippen MR) is 72.6 cm³/mol. The van der Waals surface area contributed by atoms with Gasteiger partial charge in [0.05, 0.1) is 29.7 Å². The molecule has 2 heterocycles. The number of aliphatic hydroxyl groups excluding tert-OH is 1. The van der Waals surface area contributed by atoms with Crippen molar-refractivity contribution in [1.29, 1.82) is 0 Å². The number of nitrogens with one attached hydrogen (secondary N) is 1. The molecule has 0 atom stereocenters. The Morgan fingerprint density at radius 2 is 2.11 bits per heavy atom. The molecule has 0 bridgehead atoms. The van der Waals surface area contributed by atoms with Gasteiger partial charge >= 0.3 is 0 Å². The minimum atomic E-state index is 0.0580. The van der Waals surface area contributed by atoms with Crippen molar-refractivity contribution in [2.75, 3.05) is 6.61 Å². The zero-order valence-electron chi connectivity index (χ0n) is 10.6. The highest BCUT2D eigenvalue weighted by Crippen LogP contribution is 2.21. The largest absolute Gasteiger partial charge is 0.396 e. The summed E-state index contributed by atoms with van der Waals surface area (Å²) in [6, 6.07) is 7.92. The number of hydrogen-bond acceptors (Lipinski definition) is 4. The van der Waals surface area contributed by atoms with Crippen LogP contribution in [-0.4, -0.2) is 31.6 Å². The number of aliphatic hydroxyl groups is 1. The number of aromatic amines is 1. The van der Waals surface area contributed by atoms with Gasteiger partial charge in [-0.05, 0) is 25.1 Å². The van der Waals surface area contributed by atoms with E-state index >= 15 is 0 Å². The predicted octanol–water partition coefficient (Wildman–Crippen LogP) is 1.86. The first-order valence-electron chi connectivity index (χ1n) is 6.15. The maximum absolute atomic E-state index is 8.99. The molecule has 0 saturated carbocycles. The van der Waals surface area contributed by atoms with E-state index in [2.05, 4.69) is 19.9 Å². The summed E-state index contributed by atoms with van der Waals surface area (Å²) in [6.07, 6.45) is 2.15. The number of rotatable bonds is 3. The van der Waals surface area contributed by atoms with E-state index in [0.29, 0.717) is 12.2 Å². The second-order valence-electron chi connectivity index (χ2n) is 4.42. The van der Waals surface area contributed by atoms with Crippen molar-refractivity contribution in [3.05, 3.63) is 42.1 Å². The maximum atomic E-state index is 8.99. The first kappa shape index (κ1) is 11.8. The fraction of sp³-hybridized carbons (Fsp3) is 0.214. The average molecular weight is 254 g/mol.